The smallest absolute Gasteiger partial charge is 0.354 e. The Balaban J connectivity index is 2.46. The van der Waals surface area contributed by atoms with Crippen LogP contribution >= 0.6 is 0 Å². The molecule has 0 aromatic rings. The number of hydrogen-bond donors (Lipinski definition) is 1. The van der Waals surface area contributed by atoms with E-state index in [9.17, 15) is 19.5 Å². The van der Waals surface area contributed by atoms with Crippen molar-refractivity contribution in [1.29, 1.82) is 0 Å². The zero-order valence-corrected chi connectivity index (χ0v) is 12.5. The van der Waals surface area contributed by atoms with Crippen molar-refractivity contribution in [2.24, 2.45) is 0 Å². The van der Waals surface area contributed by atoms with Crippen molar-refractivity contribution in [2.45, 2.75) is 6.04 Å². The van der Waals surface area contributed by atoms with Crippen LogP contribution in [0.5, 0.6) is 0 Å². The van der Waals surface area contributed by atoms with E-state index in [1.54, 1.807) is 18.2 Å². The van der Waals surface area contributed by atoms with E-state index in [0.29, 0.717) is 0 Å². The maximum absolute atomic E-state index is 12.0. The lowest BCUT2D eigenvalue weighted by atomic mass is 10.0. The summed E-state index contributed by atoms with van der Waals surface area (Å²) < 4.78 is 14.0. The Labute approximate surface area is 131 Å². The molecule has 2 aliphatic rings. The van der Waals surface area contributed by atoms with Crippen LogP contribution in [0.2, 0.25) is 0 Å². The van der Waals surface area contributed by atoms with Gasteiger partial charge in [-0.15, -0.1) is 0 Å². The Bertz CT molecular complexity index is 657. The third kappa shape index (κ3) is 3.25. The highest BCUT2D eigenvalue weighted by molar-refractivity contribution is 5.97. The molecule has 0 aromatic heterocycles. The fourth-order valence-corrected chi connectivity index (χ4v) is 2.18. The SMILES string of the molecule is COC(=O)/C=C(\C(=O)OC)N1C=CC=CC1C1=C(O)COC1=O. The lowest BCUT2D eigenvalue weighted by molar-refractivity contribution is -0.140. The highest BCUT2D eigenvalue weighted by atomic mass is 16.5. The molecule has 1 unspecified atom stereocenters. The number of allylic oxidation sites excluding steroid dienone is 2. The summed E-state index contributed by atoms with van der Waals surface area (Å²) in [5.74, 6) is -2.49. The molecular weight excluding hydrogens is 306 g/mol. The number of carbonyl (C=O) groups excluding carboxylic acids is 3. The number of hydrogen-bond acceptors (Lipinski definition) is 8. The van der Waals surface area contributed by atoms with Crippen LogP contribution in [0.3, 0.4) is 0 Å². The van der Waals surface area contributed by atoms with Gasteiger partial charge in [0, 0.05) is 6.20 Å². The first-order valence-corrected chi connectivity index (χ1v) is 6.60. The number of cyclic esters (lactones) is 1. The molecule has 0 saturated carbocycles. The quantitative estimate of drug-likeness (QED) is 0.449. The molecule has 0 fully saturated rings. The molecule has 1 atom stereocenters. The third-order valence-corrected chi connectivity index (χ3v) is 3.25. The van der Waals surface area contributed by atoms with Crippen molar-refractivity contribution in [2.75, 3.05) is 20.8 Å². The van der Waals surface area contributed by atoms with E-state index in [2.05, 4.69) is 9.47 Å². The van der Waals surface area contributed by atoms with E-state index in [1.807, 2.05) is 0 Å². The van der Waals surface area contributed by atoms with Crippen LogP contribution in [0.25, 0.3) is 0 Å². The molecule has 2 heterocycles. The maximum atomic E-state index is 12.0. The molecule has 0 saturated heterocycles. The summed E-state index contributed by atoms with van der Waals surface area (Å²) in [5.41, 5.74) is -0.157. The van der Waals surface area contributed by atoms with Gasteiger partial charge in [0.1, 0.15) is 23.6 Å². The van der Waals surface area contributed by atoms with Crippen molar-refractivity contribution in [3.8, 4) is 0 Å². The summed E-state index contributed by atoms with van der Waals surface area (Å²) in [7, 11) is 2.33. The minimum atomic E-state index is -0.815. The number of carbonyl (C=O) groups is 3. The number of esters is 3. The standard InChI is InChI=1S/C15H15NO7/c1-21-12(18)7-10(14(19)22-2)16-6-4-3-5-9(16)13-11(17)8-23-15(13)20/h3-7,9,17H,8H2,1-2H3/b10-7+. The second kappa shape index (κ2) is 6.82. The largest absolute Gasteiger partial charge is 0.508 e. The Morgan fingerprint density at radius 2 is 2.09 bits per heavy atom. The zero-order valence-electron chi connectivity index (χ0n) is 12.5. The lowest BCUT2D eigenvalue weighted by Crippen LogP contribution is -2.37. The van der Waals surface area contributed by atoms with Gasteiger partial charge < -0.3 is 24.2 Å². The monoisotopic (exact) mass is 321 g/mol. The summed E-state index contributed by atoms with van der Waals surface area (Å²) in [6.07, 6.45) is 7.23. The van der Waals surface area contributed by atoms with E-state index < -0.39 is 23.9 Å². The first kappa shape index (κ1) is 16.3. The van der Waals surface area contributed by atoms with Gasteiger partial charge in [0.05, 0.1) is 26.3 Å². The molecule has 8 nitrogen and oxygen atoms in total. The molecule has 0 amide bonds. The van der Waals surface area contributed by atoms with E-state index in [0.717, 1.165) is 13.2 Å². The van der Waals surface area contributed by atoms with Crippen molar-refractivity contribution in [3.05, 3.63) is 47.5 Å². The molecule has 122 valence electrons. The fraction of sp³-hybridized carbons (Fsp3) is 0.267. The van der Waals surface area contributed by atoms with Gasteiger partial charge in [-0.05, 0) is 6.08 Å². The van der Waals surface area contributed by atoms with Crippen LogP contribution in [0, 0.1) is 0 Å². The maximum Gasteiger partial charge on any atom is 0.354 e. The van der Waals surface area contributed by atoms with Crippen LogP contribution in [-0.4, -0.2) is 54.8 Å². The second-order valence-electron chi connectivity index (χ2n) is 4.56. The van der Waals surface area contributed by atoms with Gasteiger partial charge in [-0.1, -0.05) is 12.2 Å². The van der Waals surface area contributed by atoms with E-state index in [4.69, 9.17) is 4.74 Å². The Morgan fingerprint density at radius 1 is 1.35 bits per heavy atom. The van der Waals surface area contributed by atoms with Gasteiger partial charge in [-0.3, -0.25) is 0 Å². The van der Waals surface area contributed by atoms with Gasteiger partial charge in [0.25, 0.3) is 0 Å². The number of aliphatic hydroxyl groups is 1. The first-order valence-electron chi connectivity index (χ1n) is 6.60. The van der Waals surface area contributed by atoms with E-state index >= 15 is 0 Å². The topological polar surface area (TPSA) is 102 Å². The molecule has 2 rings (SSSR count). The Morgan fingerprint density at radius 3 is 2.65 bits per heavy atom. The average Bonchev–Trinajstić information content (AvgIpc) is 2.90. The highest BCUT2D eigenvalue weighted by Gasteiger charge is 2.36. The molecule has 8 heteroatoms. The van der Waals surface area contributed by atoms with Crippen molar-refractivity contribution >= 4 is 17.9 Å². The Hall–Kier alpha value is -3.03. The fourth-order valence-electron chi connectivity index (χ4n) is 2.18. The average molecular weight is 321 g/mol. The number of ether oxygens (including phenoxy) is 3. The van der Waals surface area contributed by atoms with Gasteiger partial charge in [0.15, 0.2) is 0 Å². The highest BCUT2D eigenvalue weighted by Crippen LogP contribution is 2.27. The number of nitrogens with zero attached hydrogens (tertiary/aromatic N) is 1. The van der Waals surface area contributed by atoms with Crippen LogP contribution in [-0.2, 0) is 28.6 Å². The number of aliphatic hydroxyl groups excluding tert-OH is 1. The van der Waals surface area contributed by atoms with Gasteiger partial charge in [0.2, 0.25) is 0 Å². The lowest BCUT2D eigenvalue weighted by Gasteiger charge is -2.30. The van der Waals surface area contributed by atoms with E-state index in [1.165, 1.54) is 18.2 Å². The molecule has 0 spiro atoms. The van der Waals surface area contributed by atoms with Crippen LogP contribution in [0.4, 0.5) is 0 Å². The third-order valence-electron chi connectivity index (χ3n) is 3.25. The molecule has 1 N–H and O–H groups in total. The minimum Gasteiger partial charge on any atom is -0.508 e. The van der Waals surface area contributed by atoms with Crippen molar-refractivity contribution in [3.63, 3.8) is 0 Å². The van der Waals surface area contributed by atoms with Crippen LogP contribution in [0.1, 0.15) is 0 Å². The zero-order chi connectivity index (χ0) is 17.0. The van der Waals surface area contributed by atoms with Gasteiger partial charge in [-0.2, -0.15) is 0 Å². The van der Waals surface area contributed by atoms with Gasteiger partial charge >= 0.3 is 17.9 Å². The number of methoxy groups -OCH3 is 2. The van der Waals surface area contributed by atoms with Crippen LogP contribution in [0.15, 0.2) is 47.5 Å². The minimum absolute atomic E-state index is 0.00901. The molecule has 0 aromatic carbocycles. The predicted octanol–water partition coefficient (Wildman–Crippen LogP) is 0.339. The summed E-state index contributed by atoms with van der Waals surface area (Å²) in [6, 6.07) is -0.815. The molecule has 0 bridgehead atoms. The van der Waals surface area contributed by atoms with E-state index in [-0.39, 0.29) is 23.6 Å². The molecule has 2 aliphatic heterocycles. The molecular formula is C15H15NO7. The summed E-state index contributed by atoms with van der Waals surface area (Å²) in [5, 5.41) is 9.86. The number of rotatable bonds is 4. The van der Waals surface area contributed by atoms with Gasteiger partial charge in [-0.25, -0.2) is 14.4 Å². The molecule has 0 radical (unpaired) electrons. The second-order valence-corrected chi connectivity index (χ2v) is 4.56. The Kier molecular flexibility index (Phi) is 4.85. The summed E-state index contributed by atoms with van der Waals surface area (Å²) in [6.45, 7) is -0.232. The predicted molar refractivity (Wildman–Crippen MR) is 76.6 cm³/mol. The molecule has 23 heavy (non-hydrogen) atoms. The van der Waals surface area contributed by atoms with Crippen LogP contribution < -0.4 is 0 Å². The van der Waals surface area contributed by atoms with Crippen molar-refractivity contribution < 1.29 is 33.7 Å². The van der Waals surface area contributed by atoms with Crippen molar-refractivity contribution in [1.82, 2.24) is 4.90 Å². The normalized spacial score (nSPS) is 20.6. The summed E-state index contributed by atoms with van der Waals surface area (Å²) >= 11 is 0. The molecule has 0 aliphatic carbocycles. The summed E-state index contributed by atoms with van der Waals surface area (Å²) in [4.78, 5) is 36.6. The first-order chi connectivity index (χ1) is 11.0.